The van der Waals surface area contributed by atoms with Gasteiger partial charge in [0.2, 0.25) is 0 Å². The van der Waals surface area contributed by atoms with Crippen LogP contribution in [0.15, 0.2) is 77.0 Å². The highest BCUT2D eigenvalue weighted by Gasteiger charge is 2.62. The standard InChI is InChI=1S/C28H26BClF3N3O3/c1-17-11-19(14-21(30)12-17)27(28(31,32)33)15-23(35-39-27)22-8-9-25(36-10-4-7-24(22)36)26(37)34-16-18-5-3-6-20(13-18)29(2)38/h4-5,7-14,38H,3,6,15-16H2,1-2H3,(H,34,37). The highest BCUT2D eigenvalue weighted by atomic mass is 35.5. The van der Waals surface area contributed by atoms with E-state index < -0.39 is 25.1 Å². The quantitative estimate of drug-likeness (QED) is 0.366. The number of pyridine rings is 1. The fourth-order valence-corrected chi connectivity index (χ4v) is 5.39. The Morgan fingerprint density at radius 1 is 1.28 bits per heavy atom. The van der Waals surface area contributed by atoms with Crippen molar-refractivity contribution >= 4 is 35.7 Å². The summed E-state index contributed by atoms with van der Waals surface area (Å²) in [6.45, 7) is 3.12. The van der Waals surface area contributed by atoms with E-state index in [-0.39, 0.29) is 28.7 Å². The van der Waals surface area contributed by atoms with Gasteiger partial charge in [-0.1, -0.05) is 47.3 Å². The van der Waals surface area contributed by atoms with Crippen LogP contribution in [0, 0.1) is 6.92 Å². The van der Waals surface area contributed by atoms with Crippen molar-refractivity contribution in [2.75, 3.05) is 6.54 Å². The number of oxime groups is 1. The number of rotatable bonds is 6. The first-order valence-electron chi connectivity index (χ1n) is 12.5. The molecule has 0 fully saturated rings. The van der Waals surface area contributed by atoms with Gasteiger partial charge in [-0.15, -0.1) is 0 Å². The first-order valence-corrected chi connectivity index (χ1v) is 12.9. The SMILES string of the molecule is CB(O)C1=CC(CNC(=O)c2ccc(C3=NOC(c4cc(C)cc(Cl)c4)(C(F)(F)F)C3)c3cccn23)=CCC1. The minimum atomic E-state index is -4.76. The second kappa shape index (κ2) is 10.2. The summed E-state index contributed by atoms with van der Waals surface area (Å²) < 4.78 is 45.0. The fourth-order valence-electron chi connectivity index (χ4n) is 5.10. The molecule has 1 unspecified atom stereocenters. The van der Waals surface area contributed by atoms with Gasteiger partial charge >= 0.3 is 13.1 Å². The zero-order valence-corrected chi connectivity index (χ0v) is 22.1. The van der Waals surface area contributed by atoms with Gasteiger partial charge in [-0.05, 0) is 67.3 Å². The lowest BCUT2D eigenvalue weighted by atomic mass is 9.60. The number of aryl methyl sites for hydroxylation is 1. The van der Waals surface area contributed by atoms with Crippen LogP contribution in [-0.4, -0.2) is 40.7 Å². The lowest BCUT2D eigenvalue weighted by molar-refractivity contribution is -0.275. The molecule has 1 amide bonds. The van der Waals surface area contributed by atoms with Crippen molar-refractivity contribution in [1.82, 2.24) is 9.72 Å². The van der Waals surface area contributed by atoms with Crippen molar-refractivity contribution in [2.24, 2.45) is 5.16 Å². The molecule has 0 spiro atoms. The number of alkyl halides is 3. The van der Waals surface area contributed by atoms with Crippen molar-refractivity contribution in [3.63, 3.8) is 0 Å². The Balaban J connectivity index is 1.41. The van der Waals surface area contributed by atoms with Crippen molar-refractivity contribution < 1.29 is 27.8 Å². The van der Waals surface area contributed by atoms with Crippen LogP contribution in [0.1, 0.15) is 46.4 Å². The van der Waals surface area contributed by atoms with Gasteiger partial charge in [0, 0.05) is 28.9 Å². The molecule has 202 valence electrons. The Bertz CT molecular complexity index is 1520. The van der Waals surface area contributed by atoms with E-state index in [1.54, 1.807) is 54.7 Å². The molecule has 2 N–H and O–H groups in total. The molecule has 1 aliphatic carbocycles. The van der Waals surface area contributed by atoms with E-state index in [1.165, 1.54) is 12.1 Å². The fraction of sp³-hybridized carbons (Fsp3) is 0.286. The van der Waals surface area contributed by atoms with E-state index in [4.69, 9.17) is 16.4 Å². The highest BCUT2D eigenvalue weighted by molar-refractivity contribution is 6.57. The predicted molar refractivity (Wildman–Crippen MR) is 145 cm³/mol. The average molecular weight is 556 g/mol. The van der Waals surface area contributed by atoms with Crippen molar-refractivity contribution in [1.29, 1.82) is 0 Å². The van der Waals surface area contributed by atoms with Crippen LogP contribution in [0.3, 0.4) is 0 Å². The molecular formula is C28H26BClF3N3O3. The van der Waals surface area contributed by atoms with Crippen molar-refractivity contribution in [2.45, 2.75) is 44.8 Å². The van der Waals surface area contributed by atoms with Crippen LogP contribution in [0.2, 0.25) is 11.8 Å². The summed E-state index contributed by atoms with van der Waals surface area (Å²) in [5.41, 5.74) is 0.994. The number of nitrogens with one attached hydrogen (secondary N) is 1. The summed E-state index contributed by atoms with van der Waals surface area (Å²) >= 11 is 6.08. The monoisotopic (exact) mass is 555 g/mol. The van der Waals surface area contributed by atoms with Gasteiger partial charge in [-0.2, -0.15) is 13.2 Å². The molecule has 1 aliphatic heterocycles. The van der Waals surface area contributed by atoms with Gasteiger partial charge in [0.15, 0.2) is 0 Å². The molecule has 2 aliphatic rings. The Kier molecular flexibility index (Phi) is 7.11. The van der Waals surface area contributed by atoms with E-state index in [9.17, 15) is 23.0 Å². The number of amides is 1. The van der Waals surface area contributed by atoms with E-state index in [1.807, 2.05) is 12.2 Å². The number of fused-ring (bicyclic) bond motifs is 1. The van der Waals surface area contributed by atoms with Gasteiger partial charge < -0.3 is 19.6 Å². The van der Waals surface area contributed by atoms with Gasteiger partial charge in [0.1, 0.15) is 5.69 Å². The minimum Gasteiger partial charge on any atom is -0.447 e. The maximum atomic E-state index is 14.5. The Morgan fingerprint density at radius 3 is 2.79 bits per heavy atom. The second-order valence-electron chi connectivity index (χ2n) is 9.94. The topological polar surface area (TPSA) is 75.3 Å². The van der Waals surface area contributed by atoms with Crippen LogP contribution in [0.5, 0.6) is 0 Å². The van der Waals surface area contributed by atoms with Gasteiger partial charge in [-0.3, -0.25) is 4.79 Å². The Labute approximate surface area is 228 Å². The summed E-state index contributed by atoms with van der Waals surface area (Å²) in [6, 6.07) is 10.8. The van der Waals surface area contributed by atoms with Crippen LogP contribution >= 0.6 is 11.6 Å². The van der Waals surface area contributed by atoms with E-state index in [0.717, 1.165) is 23.9 Å². The van der Waals surface area contributed by atoms with Crippen LogP contribution in [0.25, 0.3) is 5.52 Å². The predicted octanol–water partition coefficient (Wildman–Crippen LogP) is 6.01. The molecule has 11 heteroatoms. The van der Waals surface area contributed by atoms with Gasteiger partial charge in [0.25, 0.3) is 11.5 Å². The summed E-state index contributed by atoms with van der Waals surface area (Å²) in [5, 5.41) is 16.8. The maximum Gasteiger partial charge on any atom is 0.435 e. The number of allylic oxidation sites excluding steroid dienone is 2. The highest BCUT2D eigenvalue weighted by Crippen LogP contribution is 2.49. The third-order valence-electron chi connectivity index (χ3n) is 7.13. The summed E-state index contributed by atoms with van der Waals surface area (Å²) in [6.07, 6.45) is 1.85. The Hall–Kier alpha value is -3.50. The summed E-state index contributed by atoms with van der Waals surface area (Å²) in [7, 11) is 0. The number of nitrogens with zero attached hydrogens (tertiary/aromatic N) is 2. The number of hydrogen-bond acceptors (Lipinski definition) is 4. The third kappa shape index (κ3) is 5.11. The van der Waals surface area contributed by atoms with E-state index >= 15 is 0 Å². The molecule has 5 rings (SSSR count). The van der Waals surface area contributed by atoms with Gasteiger partial charge in [-0.25, -0.2) is 0 Å². The minimum absolute atomic E-state index is 0.115. The molecule has 0 saturated carbocycles. The number of aromatic nitrogens is 1. The molecule has 3 aromatic rings. The summed E-state index contributed by atoms with van der Waals surface area (Å²) in [5.74, 6) is -0.343. The first kappa shape index (κ1) is 27.1. The number of carbonyl (C=O) groups is 1. The molecule has 3 heterocycles. The van der Waals surface area contributed by atoms with Gasteiger partial charge in [0.05, 0.1) is 17.6 Å². The Morgan fingerprint density at radius 2 is 2.08 bits per heavy atom. The van der Waals surface area contributed by atoms with E-state index in [0.29, 0.717) is 22.3 Å². The largest absolute Gasteiger partial charge is 0.447 e. The number of hydrogen-bond donors (Lipinski definition) is 2. The number of benzene rings is 1. The zero-order valence-electron chi connectivity index (χ0n) is 21.3. The maximum absolute atomic E-state index is 14.5. The molecule has 39 heavy (non-hydrogen) atoms. The normalized spacial score (nSPS) is 19.3. The lowest BCUT2D eigenvalue weighted by Gasteiger charge is -2.30. The third-order valence-corrected chi connectivity index (χ3v) is 7.35. The van der Waals surface area contributed by atoms with Crippen molar-refractivity contribution in [3.05, 3.63) is 99.3 Å². The molecule has 0 bridgehead atoms. The van der Waals surface area contributed by atoms with E-state index in [2.05, 4.69) is 10.5 Å². The molecule has 1 atom stereocenters. The summed E-state index contributed by atoms with van der Waals surface area (Å²) in [4.78, 5) is 18.3. The number of halogens is 4. The molecule has 0 saturated heterocycles. The zero-order chi connectivity index (χ0) is 27.9. The molecule has 2 aromatic heterocycles. The first-order chi connectivity index (χ1) is 18.5. The molecule has 6 nitrogen and oxygen atoms in total. The second-order valence-corrected chi connectivity index (χ2v) is 10.4. The van der Waals surface area contributed by atoms with Crippen LogP contribution in [-0.2, 0) is 10.4 Å². The lowest BCUT2D eigenvalue weighted by Crippen LogP contribution is -2.42. The molecular weight excluding hydrogens is 530 g/mol. The molecule has 1 aromatic carbocycles. The van der Waals surface area contributed by atoms with Crippen LogP contribution < -0.4 is 5.32 Å². The van der Waals surface area contributed by atoms with Crippen LogP contribution in [0.4, 0.5) is 13.2 Å². The smallest absolute Gasteiger partial charge is 0.435 e. The number of carbonyl (C=O) groups excluding carboxylic acids is 1. The van der Waals surface area contributed by atoms with Crippen molar-refractivity contribution in [3.8, 4) is 0 Å². The molecule has 0 radical (unpaired) electrons. The average Bonchev–Trinajstić information content (AvgIpc) is 3.55.